The molecule has 0 radical (unpaired) electrons. The molecule has 3 atom stereocenters. The van der Waals surface area contributed by atoms with Crippen molar-refractivity contribution in [2.45, 2.75) is 51.8 Å². The zero-order chi connectivity index (χ0) is 13.3. The Morgan fingerprint density at radius 3 is 3.16 bits per heavy atom. The lowest BCUT2D eigenvalue weighted by atomic mass is 9.55. The van der Waals surface area contributed by atoms with Gasteiger partial charge in [-0.2, -0.15) is 0 Å². The van der Waals surface area contributed by atoms with Crippen LogP contribution in [0.4, 0.5) is 0 Å². The van der Waals surface area contributed by atoms with E-state index in [2.05, 4.69) is 29.5 Å². The Morgan fingerprint density at radius 1 is 1.47 bits per heavy atom. The van der Waals surface area contributed by atoms with Gasteiger partial charge in [-0.1, -0.05) is 19.1 Å². The Morgan fingerprint density at radius 2 is 2.37 bits per heavy atom. The van der Waals surface area contributed by atoms with Crippen LogP contribution in [0.5, 0.6) is 0 Å². The summed E-state index contributed by atoms with van der Waals surface area (Å²) in [5.41, 5.74) is 0.276. The second kappa shape index (κ2) is 5.21. The van der Waals surface area contributed by atoms with Crippen molar-refractivity contribution in [2.75, 3.05) is 13.2 Å². The molecule has 1 aliphatic carbocycles. The van der Waals surface area contributed by atoms with Crippen LogP contribution >= 0.6 is 0 Å². The van der Waals surface area contributed by atoms with Crippen molar-refractivity contribution < 1.29 is 4.74 Å². The highest BCUT2D eigenvalue weighted by molar-refractivity contribution is 5.10. The van der Waals surface area contributed by atoms with Gasteiger partial charge in [-0.25, -0.2) is 0 Å². The maximum absolute atomic E-state index is 5.93. The second-order valence-corrected chi connectivity index (χ2v) is 6.37. The highest BCUT2D eigenvalue weighted by Gasteiger charge is 2.57. The summed E-state index contributed by atoms with van der Waals surface area (Å²) in [6.45, 7) is 7.58. The van der Waals surface area contributed by atoms with E-state index in [0.29, 0.717) is 12.1 Å². The zero-order valence-electron chi connectivity index (χ0n) is 11.9. The SMILES string of the molecule is CC1(C)C(NCCCn2ccnn2)C2CCCOC21. The summed E-state index contributed by atoms with van der Waals surface area (Å²) in [4.78, 5) is 0. The van der Waals surface area contributed by atoms with Gasteiger partial charge >= 0.3 is 0 Å². The molecule has 1 aromatic rings. The van der Waals surface area contributed by atoms with Gasteiger partial charge in [0.15, 0.2) is 0 Å². The van der Waals surface area contributed by atoms with E-state index in [1.165, 1.54) is 12.8 Å². The standard InChI is InChI=1S/C14H24N4O/c1-14(2)12(11-5-3-10-19-13(11)14)15-6-4-8-18-9-7-16-17-18/h7,9,11-13,15H,3-6,8,10H2,1-2H3. The van der Waals surface area contributed by atoms with Crippen molar-refractivity contribution in [3.05, 3.63) is 12.4 Å². The highest BCUT2D eigenvalue weighted by Crippen LogP contribution is 2.51. The summed E-state index contributed by atoms with van der Waals surface area (Å²) in [7, 11) is 0. The van der Waals surface area contributed by atoms with Crippen molar-refractivity contribution in [1.29, 1.82) is 0 Å². The lowest BCUT2D eigenvalue weighted by molar-refractivity contribution is -0.192. The zero-order valence-corrected chi connectivity index (χ0v) is 11.9. The maximum atomic E-state index is 5.93. The summed E-state index contributed by atoms with van der Waals surface area (Å²) < 4.78 is 7.81. The van der Waals surface area contributed by atoms with Gasteiger partial charge in [-0.15, -0.1) is 5.10 Å². The first-order chi connectivity index (χ1) is 9.19. The molecule has 2 aliphatic rings. The minimum atomic E-state index is 0.276. The Hall–Kier alpha value is -0.940. The molecule has 2 fully saturated rings. The first kappa shape index (κ1) is 13.1. The minimum Gasteiger partial charge on any atom is -0.377 e. The maximum Gasteiger partial charge on any atom is 0.0692 e. The number of nitrogens with zero attached hydrogens (tertiary/aromatic N) is 3. The highest BCUT2D eigenvalue weighted by atomic mass is 16.5. The smallest absolute Gasteiger partial charge is 0.0692 e. The summed E-state index contributed by atoms with van der Waals surface area (Å²) >= 11 is 0. The summed E-state index contributed by atoms with van der Waals surface area (Å²) in [6.07, 6.45) is 7.73. The molecule has 3 rings (SSSR count). The minimum absolute atomic E-state index is 0.276. The number of rotatable bonds is 5. The van der Waals surface area contributed by atoms with E-state index in [9.17, 15) is 0 Å². The second-order valence-electron chi connectivity index (χ2n) is 6.37. The lowest BCUT2D eigenvalue weighted by Crippen LogP contribution is -2.69. The van der Waals surface area contributed by atoms with Crippen molar-refractivity contribution in [1.82, 2.24) is 20.3 Å². The molecule has 106 valence electrons. The molecule has 0 aromatic carbocycles. The number of fused-ring (bicyclic) bond motifs is 1. The topological polar surface area (TPSA) is 52.0 Å². The van der Waals surface area contributed by atoms with Crippen LogP contribution in [0.1, 0.15) is 33.1 Å². The molecule has 1 aromatic heterocycles. The fourth-order valence-electron chi connectivity index (χ4n) is 3.79. The first-order valence-corrected chi connectivity index (χ1v) is 7.38. The van der Waals surface area contributed by atoms with Crippen LogP contribution in [0.2, 0.25) is 0 Å². The van der Waals surface area contributed by atoms with Crippen molar-refractivity contribution >= 4 is 0 Å². The third-order valence-electron chi connectivity index (χ3n) is 4.73. The molecule has 1 aliphatic heterocycles. The monoisotopic (exact) mass is 264 g/mol. The first-order valence-electron chi connectivity index (χ1n) is 7.38. The summed E-state index contributed by atoms with van der Waals surface area (Å²) in [6, 6.07) is 0.605. The lowest BCUT2D eigenvalue weighted by Gasteiger charge is -2.60. The average Bonchev–Trinajstić information content (AvgIpc) is 2.91. The van der Waals surface area contributed by atoms with E-state index in [1.807, 2.05) is 10.9 Å². The van der Waals surface area contributed by atoms with Gasteiger partial charge in [0.25, 0.3) is 0 Å². The quantitative estimate of drug-likeness (QED) is 0.818. The van der Waals surface area contributed by atoms with Gasteiger partial charge in [-0.05, 0) is 25.8 Å². The van der Waals surface area contributed by atoms with Crippen molar-refractivity contribution in [3.63, 3.8) is 0 Å². The number of ether oxygens (including phenoxy) is 1. The van der Waals surface area contributed by atoms with E-state index in [0.717, 1.165) is 32.0 Å². The third kappa shape index (κ3) is 2.41. The number of aromatic nitrogens is 3. The average molecular weight is 264 g/mol. The van der Waals surface area contributed by atoms with Crippen LogP contribution in [-0.4, -0.2) is 40.3 Å². The number of aryl methyl sites for hydroxylation is 1. The van der Waals surface area contributed by atoms with E-state index in [1.54, 1.807) is 6.20 Å². The molecule has 1 N–H and O–H groups in total. The molecule has 5 nitrogen and oxygen atoms in total. The van der Waals surface area contributed by atoms with Crippen molar-refractivity contribution in [3.8, 4) is 0 Å². The van der Waals surface area contributed by atoms with Gasteiger partial charge in [0.05, 0.1) is 12.3 Å². The van der Waals surface area contributed by atoms with Crippen LogP contribution in [0.25, 0.3) is 0 Å². The van der Waals surface area contributed by atoms with E-state index >= 15 is 0 Å². The van der Waals surface area contributed by atoms with Crippen LogP contribution < -0.4 is 5.32 Å². The molecule has 5 heteroatoms. The van der Waals surface area contributed by atoms with Gasteiger partial charge in [-0.3, -0.25) is 4.68 Å². The van der Waals surface area contributed by atoms with Crippen LogP contribution in [0, 0.1) is 11.3 Å². The molecule has 0 amide bonds. The number of hydrogen-bond donors (Lipinski definition) is 1. The molecule has 2 heterocycles. The molecular formula is C14H24N4O. The largest absolute Gasteiger partial charge is 0.377 e. The van der Waals surface area contributed by atoms with Gasteiger partial charge in [0, 0.05) is 36.7 Å². The van der Waals surface area contributed by atoms with E-state index in [-0.39, 0.29) is 5.41 Å². The normalized spacial score (nSPS) is 32.6. The number of nitrogens with one attached hydrogen (secondary N) is 1. The Balaban J connectivity index is 1.44. The van der Waals surface area contributed by atoms with Crippen LogP contribution in [0.15, 0.2) is 12.4 Å². The fraction of sp³-hybridized carbons (Fsp3) is 0.857. The van der Waals surface area contributed by atoms with E-state index in [4.69, 9.17) is 4.74 Å². The van der Waals surface area contributed by atoms with Gasteiger partial charge in [0.2, 0.25) is 0 Å². The molecule has 19 heavy (non-hydrogen) atoms. The third-order valence-corrected chi connectivity index (χ3v) is 4.73. The molecule has 1 saturated heterocycles. The Kier molecular flexibility index (Phi) is 3.58. The summed E-state index contributed by atoms with van der Waals surface area (Å²) in [5, 5.41) is 11.5. The molecule has 1 saturated carbocycles. The number of hydrogen-bond acceptors (Lipinski definition) is 4. The van der Waals surface area contributed by atoms with Crippen LogP contribution in [-0.2, 0) is 11.3 Å². The fourth-order valence-corrected chi connectivity index (χ4v) is 3.79. The van der Waals surface area contributed by atoms with E-state index < -0.39 is 0 Å². The Bertz CT molecular complexity index is 404. The predicted octanol–water partition coefficient (Wildman–Crippen LogP) is 1.46. The van der Waals surface area contributed by atoms with Crippen LogP contribution in [0.3, 0.4) is 0 Å². The van der Waals surface area contributed by atoms with Gasteiger partial charge < -0.3 is 10.1 Å². The molecule has 3 unspecified atom stereocenters. The Labute approximate surface area is 114 Å². The molecule has 0 bridgehead atoms. The molecular weight excluding hydrogens is 240 g/mol. The van der Waals surface area contributed by atoms with Crippen molar-refractivity contribution in [2.24, 2.45) is 11.3 Å². The molecule has 0 spiro atoms. The predicted molar refractivity (Wildman–Crippen MR) is 72.7 cm³/mol. The van der Waals surface area contributed by atoms with Gasteiger partial charge in [0.1, 0.15) is 0 Å². The summed E-state index contributed by atoms with van der Waals surface area (Å²) in [5.74, 6) is 0.718.